The zero-order valence-electron chi connectivity index (χ0n) is 19.4. The molecule has 7 nitrogen and oxygen atoms in total. The van der Waals surface area contributed by atoms with E-state index in [0.29, 0.717) is 29.4 Å². The second-order valence-corrected chi connectivity index (χ2v) is 10.1. The molecule has 2 aliphatic heterocycles. The predicted octanol–water partition coefficient (Wildman–Crippen LogP) is 3.42. The van der Waals surface area contributed by atoms with Gasteiger partial charge in [-0.15, -0.1) is 0 Å². The van der Waals surface area contributed by atoms with E-state index in [9.17, 15) is 9.90 Å². The van der Waals surface area contributed by atoms with Crippen LogP contribution in [0.4, 0.5) is 5.82 Å². The number of pyridine rings is 1. The average molecular weight is 485 g/mol. The van der Waals surface area contributed by atoms with E-state index in [1.807, 2.05) is 30.3 Å². The fourth-order valence-corrected chi connectivity index (χ4v) is 5.12. The van der Waals surface area contributed by atoms with Gasteiger partial charge in [0.25, 0.3) is 0 Å². The zero-order valence-corrected chi connectivity index (χ0v) is 20.2. The molecule has 0 unspecified atom stereocenters. The van der Waals surface area contributed by atoms with Gasteiger partial charge in [0.05, 0.1) is 23.1 Å². The standard InChI is InChI=1S/C26H33ClN4O3/c27-21-15-18(6-9-23(21)34-20-7-8-20)25(32)22(17-30-12-3-4-13-30)29-26(33)19-10-14-31(16-19)24-5-1-2-11-28-24/h1-2,5-6,9,11,15,19-20,22,25,32H,3-4,7-8,10,12-14,16-17H2,(H,29,33)/t19-,22+,25+/m0/s1. The smallest absolute Gasteiger partial charge is 0.225 e. The summed E-state index contributed by atoms with van der Waals surface area (Å²) >= 11 is 6.46. The van der Waals surface area contributed by atoms with Crippen LogP contribution in [-0.4, -0.2) is 65.8 Å². The number of carbonyl (C=O) groups excluding carboxylic acids is 1. The van der Waals surface area contributed by atoms with Crippen LogP contribution >= 0.6 is 11.6 Å². The molecule has 1 aromatic carbocycles. The zero-order chi connectivity index (χ0) is 23.5. The first kappa shape index (κ1) is 23.4. The Kier molecular flexibility index (Phi) is 7.23. The number of aliphatic hydroxyl groups is 1. The number of amides is 1. The van der Waals surface area contributed by atoms with Crippen molar-refractivity contribution in [3.05, 3.63) is 53.2 Å². The lowest BCUT2D eigenvalue weighted by Crippen LogP contribution is -2.48. The van der Waals surface area contributed by atoms with Crippen molar-refractivity contribution in [2.24, 2.45) is 5.92 Å². The molecule has 0 radical (unpaired) electrons. The number of carbonyl (C=O) groups is 1. The Morgan fingerprint density at radius 3 is 2.71 bits per heavy atom. The number of hydrogen-bond donors (Lipinski definition) is 2. The van der Waals surface area contributed by atoms with E-state index < -0.39 is 12.1 Å². The quantitative estimate of drug-likeness (QED) is 0.568. The Morgan fingerprint density at radius 2 is 2.00 bits per heavy atom. The van der Waals surface area contributed by atoms with E-state index in [4.69, 9.17) is 16.3 Å². The molecule has 3 fully saturated rings. The third-order valence-corrected chi connectivity index (χ3v) is 7.31. The van der Waals surface area contributed by atoms with E-state index in [-0.39, 0.29) is 17.9 Å². The third kappa shape index (κ3) is 5.65. The maximum absolute atomic E-state index is 13.3. The number of anilines is 1. The topological polar surface area (TPSA) is 77.9 Å². The molecule has 3 heterocycles. The molecule has 2 N–H and O–H groups in total. The van der Waals surface area contributed by atoms with Crippen LogP contribution in [0.1, 0.15) is 43.8 Å². The summed E-state index contributed by atoms with van der Waals surface area (Å²) in [5.41, 5.74) is 0.694. The summed E-state index contributed by atoms with van der Waals surface area (Å²) < 4.78 is 5.84. The highest BCUT2D eigenvalue weighted by Gasteiger charge is 2.33. The van der Waals surface area contributed by atoms with Gasteiger partial charge in [-0.2, -0.15) is 0 Å². The number of hydrogen-bond acceptors (Lipinski definition) is 6. The molecular formula is C26H33ClN4O3. The Balaban J connectivity index is 1.26. The van der Waals surface area contributed by atoms with Gasteiger partial charge < -0.3 is 25.0 Å². The summed E-state index contributed by atoms with van der Waals surface area (Å²) in [6, 6.07) is 10.9. The molecule has 1 amide bonds. The van der Waals surface area contributed by atoms with Crippen LogP contribution in [0.2, 0.25) is 5.02 Å². The molecule has 5 rings (SSSR count). The maximum Gasteiger partial charge on any atom is 0.225 e. The van der Waals surface area contributed by atoms with Gasteiger partial charge in [0.15, 0.2) is 0 Å². The van der Waals surface area contributed by atoms with E-state index in [2.05, 4.69) is 20.1 Å². The molecule has 8 heteroatoms. The molecule has 1 saturated carbocycles. The maximum atomic E-state index is 13.3. The summed E-state index contributed by atoms with van der Waals surface area (Å²) in [4.78, 5) is 22.1. The molecule has 0 bridgehead atoms. The van der Waals surface area contributed by atoms with Crippen molar-refractivity contribution in [1.29, 1.82) is 0 Å². The number of ether oxygens (including phenoxy) is 1. The fourth-order valence-electron chi connectivity index (χ4n) is 4.89. The molecule has 3 aliphatic rings. The highest BCUT2D eigenvalue weighted by atomic mass is 35.5. The van der Waals surface area contributed by atoms with Crippen molar-refractivity contribution in [3.63, 3.8) is 0 Å². The minimum absolute atomic E-state index is 0.0125. The minimum Gasteiger partial charge on any atom is -0.489 e. The van der Waals surface area contributed by atoms with E-state index in [1.165, 1.54) is 0 Å². The summed E-state index contributed by atoms with van der Waals surface area (Å²) in [6.45, 7) is 4.03. The number of aliphatic hydroxyl groups excluding tert-OH is 1. The van der Waals surface area contributed by atoms with Gasteiger partial charge in [0.2, 0.25) is 5.91 Å². The van der Waals surface area contributed by atoms with Crippen molar-refractivity contribution in [3.8, 4) is 5.75 Å². The molecule has 2 saturated heterocycles. The fraction of sp³-hybridized carbons (Fsp3) is 0.538. The Labute approximate surface area is 206 Å². The van der Waals surface area contributed by atoms with Crippen molar-refractivity contribution in [1.82, 2.24) is 15.2 Å². The van der Waals surface area contributed by atoms with Crippen LogP contribution in [-0.2, 0) is 4.79 Å². The normalized spacial score (nSPS) is 22.5. The van der Waals surface area contributed by atoms with Gasteiger partial charge in [-0.1, -0.05) is 23.7 Å². The summed E-state index contributed by atoms with van der Waals surface area (Å²) in [5.74, 6) is 1.41. The second kappa shape index (κ2) is 10.5. The summed E-state index contributed by atoms with van der Waals surface area (Å²) in [5, 5.41) is 15.0. The van der Waals surface area contributed by atoms with Gasteiger partial charge >= 0.3 is 0 Å². The van der Waals surface area contributed by atoms with Crippen molar-refractivity contribution in [2.75, 3.05) is 37.6 Å². The lowest BCUT2D eigenvalue weighted by Gasteiger charge is -2.30. The van der Waals surface area contributed by atoms with E-state index in [1.54, 1.807) is 12.3 Å². The van der Waals surface area contributed by atoms with Gasteiger partial charge in [0.1, 0.15) is 17.7 Å². The molecule has 182 valence electrons. The number of benzene rings is 1. The number of rotatable bonds is 9. The van der Waals surface area contributed by atoms with Crippen molar-refractivity contribution in [2.45, 2.75) is 50.4 Å². The number of nitrogens with one attached hydrogen (secondary N) is 1. The SMILES string of the molecule is O=C(N[C@H](CN1CCCC1)[C@H](O)c1ccc(OC2CC2)c(Cl)c1)[C@H]1CCN(c2ccccn2)C1. The van der Waals surface area contributed by atoms with Gasteiger partial charge in [-0.25, -0.2) is 4.98 Å². The highest BCUT2D eigenvalue weighted by Crippen LogP contribution is 2.34. The summed E-state index contributed by atoms with van der Waals surface area (Å²) in [7, 11) is 0. The van der Waals surface area contributed by atoms with Crippen LogP contribution < -0.4 is 15.0 Å². The van der Waals surface area contributed by atoms with E-state index in [0.717, 1.165) is 57.6 Å². The van der Waals surface area contributed by atoms with Crippen LogP contribution in [0.15, 0.2) is 42.6 Å². The Morgan fingerprint density at radius 1 is 1.18 bits per heavy atom. The molecule has 2 aromatic rings. The van der Waals surface area contributed by atoms with Gasteiger partial charge in [-0.3, -0.25) is 4.79 Å². The van der Waals surface area contributed by atoms with Crippen molar-refractivity contribution >= 4 is 23.3 Å². The van der Waals surface area contributed by atoms with Crippen LogP contribution in [0.5, 0.6) is 5.75 Å². The number of halogens is 1. The molecule has 3 atom stereocenters. The van der Waals surface area contributed by atoms with Crippen LogP contribution in [0, 0.1) is 5.92 Å². The Bertz CT molecular complexity index is 981. The Hall–Kier alpha value is -2.35. The first-order valence-electron chi connectivity index (χ1n) is 12.4. The lowest BCUT2D eigenvalue weighted by atomic mass is 10.00. The molecular weight excluding hydrogens is 452 g/mol. The molecule has 1 aliphatic carbocycles. The van der Waals surface area contributed by atoms with Gasteiger partial charge in [-0.05, 0) is 75.0 Å². The first-order valence-corrected chi connectivity index (χ1v) is 12.8. The largest absolute Gasteiger partial charge is 0.489 e. The van der Waals surface area contributed by atoms with Gasteiger partial charge in [0, 0.05) is 25.8 Å². The predicted molar refractivity (Wildman–Crippen MR) is 132 cm³/mol. The van der Waals surface area contributed by atoms with Crippen molar-refractivity contribution < 1.29 is 14.6 Å². The number of aromatic nitrogens is 1. The number of nitrogens with zero attached hydrogens (tertiary/aromatic N) is 3. The van der Waals surface area contributed by atoms with Crippen LogP contribution in [0.25, 0.3) is 0 Å². The first-order chi connectivity index (χ1) is 16.6. The third-order valence-electron chi connectivity index (χ3n) is 7.01. The average Bonchev–Trinajstić information content (AvgIpc) is 3.30. The summed E-state index contributed by atoms with van der Waals surface area (Å²) in [6.07, 6.45) is 6.37. The van der Waals surface area contributed by atoms with E-state index >= 15 is 0 Å². The van der Waals surface area contributed by atoms with Crippen LogP contribution in [0.3, 0.4) is 0 Å². The molecule has 1 aromatic heterocycles. The highest BCUT2D eigenvalue weighted by molar-refractivity contribution is 6.32. The monoisotopic (exact) mass is 484 g/mol. The lowest BCUT2D eigenvalue weighted by molar-refractivity contribution is -0.126. The molecule has 34 heavy (non-hydrogen) atoms. The second-order valence-electron chi connectivity index (χ2n) is 9.69. The molecule has 0 spiro atoms. The number of likely N-dealkylation sites (tertiary alicyclic amines) is 1. The minimum atomic E-state index is -0.856.